The largest absolute Gasteiger partial charge is 0.333 e. The normalized spacial score (nSPS) is 12.9. The molecule has 1 unspecified atom stereocenters. The van der Waals surface area contributed by atoms with E-state index in [9.17, 15) is 9.59 Å². The summed E-state index contributed by atoms with van der Waals surface area (Å²) in [5, 5.41) is 7.85. The molecule has 1 atom stereocenters. The average Bonchev–Trinajstić information content (AvgIpc) is 3.13. The first-order chi connectivity index (χ1) is 16.2. The van der Waals surface area contributed by atoms with Crippen molar-refractivity contribution in [2.45, 2.75) is 93.4 Å². The Kier molecular flexibility index (Phi) is 9.70. The van der Waals surface area contributed by atoms with Crippen LogP contribution in [-0.2, 0) is 15.0 Å². The maximum Gasteiger partial charge on any atom is 0.245 e. The van der Waals surface area contributed by atoms with Gasteiger partial charge in [0, 0.05) is 24.4 Å². The van der Waals surface area contributed by atoms with Gasteiger partial charge < -0.3 is 10.2 Å². The zero-order valence-corrected chi connectivity index (χ0v) is 23.4. The maximum atomic E-state index is 13.2. The smallest absolute Gasteiger partial charge is 0.245 e. The first kappa shape index (κ1) is 28.6. The summed E-state index contributed by atoms with van der Waals surface area (Å²) in [6.07, 6.45) is 3.28. The number of unbranched alkanes of at least 4 members (excludes halogenated alkanes) is 1. The van der Waals surface area contributed by atoms with E-state index in [1.54, 1.807) is 9.58 Å². The Morgan fingerprint density at radius 2 is 1.80 bits per heavy atom. The standard InChI is InChI=1S/C29H46N4O2/c1-10-11-15-32(27(35)17-22(3)19-28(4,5)6)20-26(34)30-25-18-24(29(7,8)9)31-33(25)23-14-12-13-21(2)16-23/h12-14,16,18,22H,10-11,15,17,19-20H2,1-9H3,(H,30,34). The molecule has 0 aliphatic heterocycles. The number of nitrogens with one attached hydrogen (secondary N) is 1. The van der Waals surface area contributed by atoms with E-state index in [0.29, 0.717) is 18.8 Å². The summed E-state index contributed by atoms with van der Waals surface area (Å²) in [4.78, 5) is 28.0. The lowest BCUT2D eigenvalue weighted by atomic mass is 9.84. The molecule has 6 heteroatoms. The molecule has 0 bridgehead atoms. The topological polar surface area (TPSA) is 67.2 Å². The maximum absolute atomic E-state index is 13.2. The molecule has 2 amide bonds. The van der Waals surface area contributed by atoms with Crippen LogP contribution in [0.4, 0.5) is 5.82 Å². The second-order valence-electron chi connectivity index (χ2n) is 12.2. The summed E-state index contributed by atoms with van der Waals surface area (Å²) in [6, 6.07) is 9.98. The van der Waals surface area contributed by atoms with Crippen molar-refractivity contribution in [3.05, 3.63) is 41.6 Å². The average molecular weight is 483 g/mol. The van der Waals surface area contributed by atoms with Crippen LogP contribution in [0.15, 0.2) is 30.3 Å². The Labute approximate surface area is 212 Å². The minimum atomic E-state index is -0.202. The Bertz CT molecular complexity index is 995. The first-order valence-electron chi connectivity index (χ1n) is 12.9. The zero-order valence-electron chi connectivity index (χ0n) is 23.4. The van der Waals surface area contributed by atoms with Crippen LogP contribution in [0, 0.1) is 18.3 Å². The molecular formula is C29H46N4O2. The molecule has 194 valence electrons. The highest BCUT2D eigenvalue weighted by atomic mass is 16.2. The van der Waals surface area contributed by atoms with Gasteiger partial charge in [0.2, 0.25) is 11.8 Å². The van der Waals surface area contributed by atoms with Crippen molar-refractivity contribution >= 4 is 17.6 Å². The minimum Gasteiger partial charge on any atom is -0.333 e. The third-order valence-corrected chi connectivity index (χ3v) is 5.94. The fraction of sp³-hybridized carbons (Fsp3) is 0.621. The molecule has 0 radical (unpaired) electrons. The summed E-state index contributed by atoms with van der Waals surface area (Å²) in [6.45, 7) is 19.8. The molecule has 2 rings (SSSR count). The molecule has 0 saturated heterocycles. The third-order valence-electron chi connectivity index (χ3n) is 5.94. The zero-order chi connectivity index (χ0) is 26.4. The molecule has 0 saturated carbocycles. The van der Waals surface area contributed by atoms with Gasteiger partial charge in [-0.2, -0.15) is 5.10 Å². The number of anilines is 1. The van der Waals surface area contributed by atoms with E-state index in [-0.39, 0.29) is 35.1 Å². The third kappa shape index (κ3) is 9.15. The van der Waals surface area contributed by atoms with Crippen molar-refractivity contribution in [3.8, 4) is 5.69 Å². The highest BCUT2D eigenvalue weighted by Crippen LogP contribution is 2.28. The van der Waals surface area contributed by atoms with E-state index in [1.807, 2.05) is 37.3 Å². The molecular weight excluding hydrogens is 436 g/mol. The molecule has 0 spiro atoms. The van der Waals surface area contributed by atoms with Crippen LogP contribution in [-0.4, -0.2) is 39.6 Å². The molecule has 2 aromatic rings. The summed E-state index contributed by atoms with van der Waals surface area (Å²) in [5.74, 6) is 0.737. The van der Waals surface area contributed by atoms with Crippen molar-refractivity contribution in [1.29, 1.82) is 0 Å². The van der Waals surface area contributed by atoms with Crippen LogP contribution in [0.25, 0.3) is 5.69 Å². The van der Waals surface area contributed by atoms with Gasteiger partial charge in [0.1, 0.15) is 5.82 Å². The van der Waals surface area contributed by atoms with Crippen LogP contribution < -0.4 is 5.32 Å². The predicted molar refractivity (Wildman–Crippen MR) is 145 cm³/mol. The molecule has 35 heavy (non-hydrogen) atoms. The van der Waals surface area contributed by atoms with Gasteiger partial charge in [-0.25, -0.2) is 4.68 Å². The Morgan fingerprint density at radius 1 is 1.11 bits per heavy atom. The highest BCUT2D eigenvalue weighted by molar-refractivity contribution is 5.94. The van der Waals surface area contributed by atoms with Crippen molar-refractivity contribution in [3.63, 3.8) is 0 Å². The Balaban J connectivity index is 2.22. The quantitative estimate of drug-likeness (QED) is 0.420. The second-order valence-corrected chi connectivity index (χ2v) is 12.2. The van der Waals surface area contributed by atoms with Crippen LogP contribution in [0.5, 0.6) is 0 Å². The van der Waals surface area contributed by atoms with Gasteiger partial charge in [-0.15, -0.1) is 0 Å². The van der Waals surface area contributed by atoms with E-state index in [2.05, 4.69) is 60.7 Å². The molecule has 6 nitrogen and oxygen atoms in total. The Morgan fingerprint density at radius 3 is 2.37 bits per heavy atom. The molecule has 1 aromatic carbocycles. The van der Waals surface area contributed by atoms with Crippen molar-refractivity contribution in [1.82, 2.24) is 14.7 Å². The second kappa shape index (κ2) is 11.9. The van der Waals surface area contributed by atoms with Gasteiger partial charge in [-0.1, -0.05) is 73.9 Å². The van der Waals surface area contributed by atoms with Gasteiger partial charge in [0.15, 0.2) is 0 Å². The minimum absolute atomic E-state index is 0.0465. The number of benzene rings is 1. The fourth-order valence-electron chi connectivity index (χ4n) is 4.33. The monoisotopic (exact) mass is 482 g/mol. The lowest BCUT2D eigenvalue weighted by Gasteiger charge is -2.26. The fourth-order valence-corrected chi connectivity index (χ4v) is 4.33. The molecule has 1 aromatic heterocycles. The molecule has 1 N–H and O–H groups in total. The van der Waals surface area contributed by atoms with Crippen molar-refractivity contribution in [2.75, 3.05) is 18.4 Å². The van der Waals surface area contributed by atoms with Crippen LogP contribution >= 0.6 is 0 Å². The van der Waals surface area contributed by atoms with Gasteiger partial charge >= 0.3 is 0 Å². The van der Waals surface area contributed by atoms with Gasteiger partial charge in [-0.05, 0) is 48.8 Å². The number of hydrogen-bond acceptors (Lipinski definition) is 3. The van der Waals surface area contributed by atoms with Gasteiger partial charge in [0.25, 0.3) is 0 Å². The predicted octanol–water partition coefficient (Wildman–Crippen LogP) is 6.51. The molecule has 0 fully saturated rings. The summed E-state index contributed by atoms with van der Waals surface area (Å²) < 4.78 is 1.79. The van der Waals surface area contributed by atoms with Crippen LogP contribution in [0.1, 0.15) is 92.3 Å². The van der Waals surface area contributed by atoms with E-state index in [1.165, 1.54) is 0 Å². The summed E-state index contributed by atoms with van der Waals surface area (Å²) >= 11 is 0. The lowest BCUT2D eigenvalue weighted by Crippen LogP contribution is -2.39. The highest BCUT2D eigenvalue weighted by Gasteiger charge is 2.24. The number of rotatable bonds is 10. The Hall–Kier alpha value is -2.63. The van der Waals surface area contributed by atoms with Crippen molar-refractivity contribution < 1.29 is 9.59 Å². The number of amides is 2. The van der Waals surface area contributed by atoms with E-state index < -0.39 is 0 Å². The number of carbonyl (C=O) groups is 2. The molecule has 0 aliphatic rings. The van der Waals surface area contributed by atoms with Gasteiger partial charge in [-0.3, -0.25) is 9.59 Å². The number of carbonyl (C=O) groups excluding carboxylic acids is 2. The van der Waals surface area contributed by atoms with Gasteiger partial charge in [0.05, 0.1) is 17.9 Å². The molecule has 1 heterocycles. The SMILES string of the molecule is CCCCN(CC(=O)Nc1cc(C(C)(C)C)nn1-c1cccc(C)c1)C(=O)CC(C)CC(C)(C)C. The van der Waals surface area contributed by atoms with Crippen LogP contribution in [0.2, 0.25) is 0 Å². The van der Waals surface area contributed by atoms with Crippen molar-refractivity contribution in [2.24, 2.45) is 11.3 Å². The number of aryl methyl sites for hydroxylation is 1. The van der Waals surface area contributed by atoms with Crippen LogP contribution in [0.3, 0.4) is 0 Å². The lowest BCUT2D eigenvalue weighted by molar-refractivity contribution is -0.135. The molecule has 0 aliphatic carbocycles. The van der Waals surface area contributed by atoms with E-state index in [0.717, 1.165) is 36.2 Å². The van der Waals surface area contributed by atoms with E-state index in [4.69, 9.17) is 5.10 Å². The number of aromatic nitrogens is 2. The van der Waals surface area contributed by atoms with E-state index >= 15 is 0 Å². The summed E-state index contributed by atoms with van der Waals surface area (Å²) in [5.41, 5.74) is 2.91. The summed E-state index contributed by atoms with van der Waals surface area (Å²) in [7, 11) is 0. The first-order valence-corrected chi connectivity index (χ1v) is 12.9. The number of nitrogens with zero attached hydrogens (tertiary/aromatic N) is 3. The number of hydrogen-bond donors (Lipinski definition) is 1.